The number of ether oxygens (including phenoxy) is 3. The van der Waals surface area contributed by atoms with Gasteiger partial charge < -0.3 is 29.5 Å². The van der Waals surface area contributed by atoms with Gasteiger partial charge in [-0.3, -0.25) is 14.4 Å². The number of aliphatic hydroxyl groups excluding tert-OH is 2. The van der Waals surface area contributed by atoms with Crippen LogP contribution in [-0.4, -0.2) is 75.1 Å². The zero-order valence-electron chi connectivity index (χ0n) is 24.3. The molecule has 0 aliphatic heterocycles. The van der Waals surface area contributed by atoms with E-state index >= 15 is 0 Å². The molecule has 10 nitrogen and oxygen atoms in total. The van der Waals surface area contributed by atoms with Gasteiger partial charge in [-0.2, -0.15) is 0 Å². The highest BCUT2D eigenvalue weighted by Crippen LogP contribution is 2.67. The Kier molecular flexibility index (Phi) is 7.77. The van der Waals surface area contributed by atoms with Crippen LogP contribution in [0.2, 0.25) is 0 Å². The quantitative estimate of drug-likeness (QED) is 0.272. The molecule has 0 heterocycles. The van der Waals surface area contributed by atoms with Crippen LogP contribution in [0.3, 0.4) is 0 Å². The van der Waals surface area contributed by atoms with E-state index in [1.54, 1.807) is 39.0 Å². The number of carbonyl (C=O) groups excluding carboxylic acids is 4. The monoisotopic (exact) mass is 572 g/mol. The van der Waals surface area contributed by atoms with Crippen LogP contribution in [0, 0.1) is 28.1 Å². The lowest BCUT2D eigenvalue weighted by Crippen LogP contribution is -2.80. The molecule has 1 aromatic carbocycles. The smallest absolute Gasteiger partial charge is 0.338 e. The molecule has 1 aromatic rings. The van der Waals surface area contributed by atoms with E-state index in [0.717, 1.165) is 6.92 Å². The highest BCUT2D eigenvalue weighted by atomic mass is 16.6. The van der Waals surface area contributed by atoms with Crippen LogP contribution >= 0.6 is 0 Å². The fourth-order valence-corrected chi connectivity index (χ4v) is 8.11. The Bertz CT molecular complexity index is 1240. The summed E-state index contributed by atoms with van der Waals surface area (Å²) in [7, 11) is 0. The first-order valence-corrected chi connectivity index (χ1v) is 13.8. The van der Waals surface area contributed by atoms with Gasteiger partial charge in [-0.25, -0.2) is 4.79 Å². The van der Waals surface area contributed by atoms with Crippen LogP contribution in [0.25, 0.3) is 0 Å². The molecule has 3 saturated carbocycles. The Morgan fingerprint density at radius 3 is 2.07 bits per heavy atom. The zero-order valence-corrected chi connectivity index (χ0v) is 24.3. The summed E-state index contributed by atoms with van der Waals surface area (Å²) in [6.07, 6.45) is -5.79. The van der Waals surface area contributed by atoms with Crippen LogP contribution in [0.1, 0.15) is 64.7 Å². The highest BCUT2D eigenvalue weighted by molar-refractivity contribution is 5.96. The molecule has 3 fully saturated rings. The Morgan fingerprint density at radius 2 is 1.54 bits per heavy atom. The molecular formula is C31H40O10. The summed E-state index contributed by atoms with van der Waals surface area (Å²) < 4.78 is 17.6. The van der Waals surface area contributed by atoms with Gasteiger partial charge >= 0.3 is 17.9 Å². The predicted octanol–water partition coefficient (Wildman–Crippen LogP) is 2.38. The number of aliphatic hydroxyl groups is 3. The minimum Gasteiger partial charge on any atom is -0.458 e. The van der Waals surface area contributed by atoms with Crippen LogP contribution in [-0.2, 0) is 28.6 Å². The van der Waals surface area contributed by atoms with E-state index in [9.17, 15) is 34.5 Å². The van der Waals surface area contributed by atoms with Gasteiger partial charge in [0, 0.05) is 36.0 Å². The Labute approximate surface area is 239 Å². The van der Waals surface area contributed by atoms with Crippen molar-refractivity contribution in [3.63, 3.8) is 0 Å². The Morgan fingerprint density at radius 1 is 0.951 bits per heavy atom. The maximum atomic E-state index is 13.9. The lowest BCUT2D eigenvalue weighted by Gasteiger charge is -2.68. The van der Waals surface area contributed by atoms with Crippen LogP contribution in [0.15, 0.2) is 43.0 Å². The number of fused-ring (bicyclic) bond motifs is 3. The van der Waals surface area contributed by atoms with Crippen LogP contribution < -0.4 is 0 Å². The van der Waals surface area contributed by atoms with Gasteiger partial charge in [0.25, 0.3) is 0 Å². The number of ketones is 1. The molecule has 3 aliphatic rings. The summed E-state index contributed by atoms with van der Waals surface area (Å²) in [6, 6.07) is 8.08. The molecule has 0 bridgehead atoms. The second-order valence-corrected chi connectivity index (χ2v) is 12.8. The summed E-state index contributed by atoms with van der Waals surface area (Å²) >= 11 is 0. The average molecular weight is 573 g/mol. The first kappa shape index (κ1) is 30.9. The van der Waals surface area contributed by atoms with E-state index < -0.39 is 87.9 Å². The second kappa shape index (κ2) is 10.3. The number of Topliss-reactive ketones (excluding diaryl/α,β-unsaturated/α-hetero) is 1. The minimum absolute atomic E-state index is 0.108. The third kappa shape index (κ3) is 4.60. The first-order chi connectivity index (χ1) is 19.0. The summed E-state index contributed by atoms with van der Waals surface area (Å²) in [5.74, 6) is -4.95. The fourth-order valence-electron chi connectivity index (χ4n) is 8.11. The molecule has 0 unspecified atom stereocenters. The molecule has 0 spiro atoms. The maximum Gasteiger partial charge on any atom is 0.338 e. The van der Waals surface area contributed by atoms with Gasteiger partial charge in [0.15, 0.2) is 17.5 Å². The minimum atomic E-state index is -2.45. The number of hydrogen-bond acceptors (Lipinski definition) is 10. The van der Waals surface area contributed by atoms with Gasteiger partial charge in [-0.05, 0) is 37.8 Å². The molecule has 224 valence electrons. The fraction of sp³-hybridized carbons (Fsp3) is 0.613. The summed E-state index contributed by atoms with van der Waals surface area (Å²) in [5, 5.41) is 35.3. The SMILES string of the molecule is C=C[C@@]1(C)C[C@@H](O)[C@H]2[C@](O)(C1=O)[C@H](O)C[C@H]1C(C)(C)[C@H](OC(C)=O)[C@H](OC(C)=O)[C@H](OC(=O)c3ccccc3)[C@@]12C. The molecule has 0 radical (unpaired) electrons. The van der Waals surface area contributed by atoms with Gasteiger partial charge in [0.1, 0.15) is 12.2 Å². The van der Waals surface area contributed by atoms with E-state index in [1.807, 2.05) is 0 Å². The summed E-state index contributed by atoms with van der Waals surface area (Å²) in [6.45, 7) is 12.8. The number of hydrogen-bond donors (Lipinski definition) is 3. The molecule has 10 atom stereocenters. The molecule has 0 amide bonds. The second-order valence-electron chi connectivity index (χ2n) is 12.8. The number of benzene rings is 1. The van der Waals surface area contributed by atoms with Crippen molar-refractivity contribution in [3.8, 4) is 0 Å². The standard InChI is InChI=1S/C31H40O10/c1-8-29(6)15-19(34)23-30(7)20(14-21(35)31(23,38)27(29)37)28(4,5)24(40-17(3)33)22(39-16(2)32)25(30)41-26(36)18-12-10-9-11-13-18/h8-13,19-25,34-35,38H,1,14-15H2,2-7H3/t19-,20+,21-,22+,23-,24-,25+,29+,30+,31+/m1/s1. The highest BCUT2D eigenvalue weighted by Gasteiger charge is 2.77. The summed E-state index contributed by atoms with van der Waals surface area (Å²) in [4.78, 5) is 52.2. The van der Waals surface area contributed by atoms with Crippen molar-refractivity contribution in [1.29, 1.82) is 0 Å². The van der Waals surface area contributed by atoms with Gasteiger partial charge in [0.2, 0.25) is 0 Å². The molecule has 3 aliphatic carbocycles. The maximum absolute atomic E-state index is 13.9. The predicted molar refractivity (Wildman–Crippen MR) is 145 cm³/mol. The Hall–Kier alpha value is -3.08. The lowest BCUT2D eigenvalue weighted by molar-refractivity contribution is -0.313. The molecular weight excluding hydrogens is 532 g/mol. The third-order valence-corrected chi connectivity index (χ3v) is 9.89. The first-order valence-electron chi connectivity index (χ1n) is 13.8. The van der Waals surface area contributed by atoms with Crippen molar-refractivity contribution in [3.05, 3.63) is 48.6 Å². The molecule has 0 aromatic heterocycles. The number of rotatable bonds is 5. The van der Waals surface area contributed by atoms with Gasteiger partial charge in [-0.1, -0.05) is 45.0 Å². The van der Waals surface area contributed by atoms with E-state index in [0.29, 0.717) is 0 Å². The van der Waals surface area contributed by atoms with Crippen molar-refractivity contribution >= 4 is 23.7 Å². The average Bonchev–Trinajstić information content (AvgIpc) is 2.89. The molecule has 3 N–H and O–H groups in total. The largest absolute Gasteiger partial charge is 0.458 e. The lowest BCUT2D eigenvalue weighted by atomic mass is 9.39. The topological polar surface area (TPSA) is 157 Å². The number of esters is 3. The normalized spacial score (nSPS) is 41.3. The van der Waals surface area contributed by atoms with Crippen molar-refractivity contribution in [2.75, 3.05) is 0 Å². The van der Waals surface area contributed by atoms with Crippen LogP contribution in [0.4, 0.5) is 0 Å². The van der Waals surface area contributed by atoms with E-state index in [1.165, 1.54) is 32.1 Å². The number of allylic oxidation sites excluding steroid dienone is 1. The molecule has 10 heteroatoms. The third-order valence-electron chi connectivity index (χ3n) is 9.89. The Balaban J connectivity index is 1.98. The summed E-state index contributed by atoms with van der Waals surface area (Å²) in [5.41, 5.74) is -6.12. The van der Waals surface area contributed by atoms with Gasteiger partial charge in [0.05, 0.1) is 17.8 Å². The van der Waals surface area contributed by atoms with E-state index in [-0.39, 0.29) is 18.4 Å². The van der Waals surface area contributed by atoms with E-state index in [2.05, 4.69) is 6.58 Å². The zero-order chi connectivity index (χ0) is 30.7. The van der Waals surface area contributed by atoms with Crippen LogP contribution in [0.5, 0.6) is 0 Å². The number of carbonyl (C=O) groups is 4. The van der Waals surface area contributed by atoms with Crippen molar-refractivity contribution < 1.29 is 48.7 Å². The van der Waals surface area contributed by atoms with Crippen molar-refractivity contribution in [1.82, 2.24) is 0 Å². The molecule has 4 rings (SSSR count). The molecule has 41 heavy (non-hydrogen) atoms. The van der Waals surface area contributed by atoms with E-state index in [4.69, 9.17) is 14.2 Å². The van der Waals surface area contributed by atoms with Gasteiger partial charge in [-0.15, -0.1) is 6.58 Å². The molecule has 0 saturated heterocycles. The van der Waals surface area contributed by atoms with Crippen molar-refractivity contribution in [2.24, 2.45) is 28.1 Å². The van der Waals surface area contributed by atoms with Crippen molar-refractivity contribution in [2.45, 2.75) is 90.5 Å².